The third-order valence-corrected chi connectivity index (χ3v) is 4.07. The van der Waals surface area contributed by atoms with Gasteiger partial charge in [0.2, 0.25) is 5.41 Å². The number of ether oxygens (including phenoxy) is 2. The van der Waals surface area contributed by atoms with Crippen LogP contribution < -0.4 is 4.74 Å². The topological polar surface area (TPSA) is 93.5 Å². The molecular formula is C17H8F3NO5. The van der Waals surface area contributed by atoms with Crippen LogP contribution in [-0.4, -0.2) is 30.8 Å². The van der Waals surface area contributed by atoms with Crippen LogP contribution >= 0.6 is 0 Å². The van der Waals surface area contributed by atoms with Crippen molar-refractivity contribution in [3.63, 3.8) is 0 Å². The molecule has 0 fully saturated rings. The minimum absolute atomic E-state index is 0.0140. The van der Waals surface area contributed by atoms with Crippen molar-refractivity contribution in [3.8, 4) is 11.8 Å². The smallest absolute Gasteiger partial charge is 0.418 e. The average Bonchev–Trinajstić information content (AvgIpc) is 2.88. The Morgan fingerprint density at radius 3 is 2.50 bits per heavy atom. The van der Waals surface area contributed by atoms with Gasteiger partial charge < -0.3 is 9.47 Å². The molecule has 1 aromatic rings. The van der Waals surface area contributed by atoms with Crippen LogP contribution in [0.15, 0.2) is 41.7 Å². The van der Waals surface area contributed by atoms with Crippen LogP contribution in [0.4, 0.5) is 13.2 Å². The number of esters is 1. The molecule has 6 nitrogen and oxygen atoms in total. The molecule has 1 aromatic carbocycles. The molecule has 9 heteroatoms. The summed E-state index contributed by atoms with van der Waals surface area (Å²) in [7, 11) is 1.32. The number of benzene rings is 1. The first kappa shape index (κ1) is 17.4. The number of nitriles is 1. The number of carbonyl (C=O) groups is 3. The van der Waals surface area contributed by atoms with Crippen LogP contribution in [0, 0.1) is 16.7 Å². The minimum atomic E-state index is -5.44. The second-order valence-electron chi connectivity index (χ2n) is 5.44. The molecule has 0 amide bonds. The van der Waals surface area contributed by atoms with E-state index in [2.05, 4.69) is 4.74 Å². The van der Waals surface area contributed by atoms with E-state index in [0.717, 1.165) is 12.1 Å². The van der Waals surface area contributed by atoms with Gasteiger partial charge in [-0.1, -0.05) is 12.1 Å². The van der Waals surface area contributed by atoms with Crippen molar-refractivity contribution in [3.05, 3.63) is 47.2 Å². The summed E-state index contributed by atoms with van der Waals surface area (Å²) < 4.78 is 50.9. The summed E-state index contributed by atoms with van der Waals surface area (Å²) in [5.74, 6) is -5.39. The lowest BCUT2D eigenvalue weighted by molar-refractivity contribution is -0.191. The van der Waals surface area contributed by atoms with Crippen LogP contribution in [0.5, 0.6) is 5.75 Å². The van der Waals surface area contributed by atoms with Gasteiger partial charge >= 0.3 is 12.1 Å². The Hall–Kier alpha value is -3.41. The third-order valence-electron chi connectivity index (χ3n) is 4.07. The third kappa shape index (κ3) is 2.15. The first-order valence-electron chi connectivity index (χ1n) is 7.07. The fraction of sp³-hybridized carbons (Fsp3) is 0.176. The van der Waals surface area contributed by atoms with E-state index in [1.54, 1.807) is 0 Å². The summed E-state index contributed by atoms with van der Waals surface area (Å²) in [5, 5.41) is 9.27. The van der Waals surface area contributed by atoms with Crippen molar-refractivity contribution in [1.82, 2.24) is 0 Å². The van der Waals surface area contributed by atoms with E-state index in [0.29, 0.717) is 0 Å². The number of halogens is 3. The van der Waals surface area contributed by atoms with E-state index in [4.69, 9.17) is 4.74 Å². The monoisotopic (exact) mass is 363 g/mol. The molecular weight excluding hydrogens is 355 g/mol. The molecule has 1 unspecified atom stereocenters. The molecule has 1 aliphatic carbocycles. The number of nitrogens with zero attached hydrogens (tertiary/aromatic N) is 1. The van der Waals surface area contributed by atoms with Crippen molar-refractivity contribution in [1.29, 1.82) is 5.26 Å². The summed E-state index contributed by atoms with van der Waals surface area (Å²) in [4.78, 5) is 36.1. The largest absolute Gasteiger partial charge is 0.497 e. The van der Waals surface area contributed by atoms with E-state index in [1.165, 1.54) is 31.4 Å². The summed E-state index contributed by atoms with van der Waals surface area (Å²) in [6.07, 6.45) is -4.59. The maximum absolute atomic E-state index is 13.8. The van der Waals surface area contributed by atoms with Crippen molar-refractivity contribution in [2.45, 2.75) is 6.18 Å². The standard InChI is InChI=1S/C17H8F3NO5/c1-25-9-4-2-3-8(5-9)10-6-11-12(13(22)15(24)26-11)16(7-21,14(10)23)17(18,19)20/h2-6H,1H3. The molecule has 0 bridgehead atoms. The number of alkyl halides is 3. The van der Waals surface area contributed by atoms with Gasteiger partial charge in [0.1, 0.15) is 11.5 Å². The predicted molar refractivity (Wildman–Crippen MR) is 78.2 cm³/mol. The highest BCUT2D eigenvalue weighted by Crippen LogP contribution is 2.53. The zero-order valence-electron chi connectivity index (χ0n) is 13.0. The summed E-state index contributed by atoms with van der Waals surface area (Å²) in [6.45, 7) is 0. The number of hydrogen-bond donors (Lipinski definition) is 0. The molecule has 0 spiro atoms. The summed E-state index contributed by atoms with van der Waals surface area (Å²) >= 11 is 0. The highest BCUT2D eigenvalue weighted by atomic mass is 19.4. The van der Waals surface area contributed by atoms with E-state index in [-0.39, 0.29) is 11.3 Å². The Morgan fingerprint density at radius 1 is 1.23 bits per heavy atom. The highest BCUT2D eigenvalue weighted by molar-refractivity contribution is 6.46. The van der Waals surface area contributed by atoms with Crippen LogP contribution in [0.3, 0.4) is 0 Å². The maximum Gasteiger partial charge on any atom is 0.418 e. The zero-order chi connectivity index (χ0) is 19.3. The first-order chi connectivity index (χ1) is 12.2. The van der Waals surface area contributed by atoms with Crippen molar-refractivity contribution in [2.24, 2.45) is 5.41 Å². The van der Waals surface area contributed by atoms with Gasteiger partial charge in [0, 0.05) is 5.57 Å². The first-order valence-corrected chi connectivity index (χ1v) is 7.07. The average molecular weight is 363 g/mol. The van der Waals surface area contributed by atoms with Gasteiger partial charge in [-0.25, -0.2) is 4.79 Å². The number of allylic oxidation sites excluding steroid dienone is 2. The summed E-state index contributed by atoms with van der Waals surface area (Å²) in [5.41, 5.74) is -5.63. The number of hydrogen-bond acceptors (Lipinski definition) is 6. The molecule has 3 rings (SSSR count). The fourth-order valence-electron chi connectivity index (χ4n) is 2.83. The van der Waals surface area contributed by atoms with E-state index in [1.807, 2.05) is 0 Å². The Balaban J connectivity index is 2.32. The molecule has 0 aromatic heterocycles. The maximum atomic E-state index is 13.8. The lowest BCUT2D eigenvalue weighted by atomic mass is 9.69. The molecule has 26 heavy (non-hydrogen) atoms. The Morgan fingerprint density at radius 2 is 1.92 bits per heavy atom. The van der Waals surface area contributed by atoms with Crippen LogP contribution in [0.1, 0.15) is 5.56 Å². The lowest BCUT2D eigenvalue weighted by Gasteiger charge is -2.31. The minimum Gasteiger partial charge on any atom is -0.497 e. The molecule has 1 heterocycles. The Bertz CT molecular complexity index is 967. The molecule has 0 N–H and O–H groups in total. The van der Waals surface area contributed by atoms with E-state index in [9.17, 15) is 32.8 Å². The van der Waals surface area contributed by atoms with Gasteiger partial charge in [-0.15, -0.1) is 0 Å². The van der Waals surface area contributed by atoms with Gasteiger partial charge in [-0.2, -0.15) is 18.4 Å². The number of ketones is 2. The molecule has 132 valence electrons. The summed E-state index contributed by atoms with van der Waals surface area (Å²) in [6, 6.07) is 6.45. The second-order valence-corrected chi connectivity index (χ2v) is 5.44. The molecule has 0 radical (unpaired) electrons. The van der Waals surface area contributed by atoms with Gasteiger partial charge in [0.25, 0.3) is 5.78 Å². The lowest BCUT2D eigenvalue weighted by Crippen LogP contribution is -2.49. The Labute approximate surface area is 144 Å². The SMILES string of the molecule is COc1cccc(C2=CC3=C(C(=O)C(=O)O3)C(C#N)(C(F)(F)F)C2=O)c1. The van der Waals surface area contributed by atoms with Gasteiger partial charge in [-0.05, 0) is 23.8 Å². The number of rotatable bonds is 2. The fourth-order valence-corrected chi connectivity index (χ4v) is 2.83. The Kier molecular flexibility index (Phi) is 3.72. The molecule has 0 saturated heterocycles. The number of Topliss-reactive ketones (excluding diaryl/α,β-unsaturated/α-hetero) is 2. The molecule has 0 saturated carbocycles. The van der Waals surface area contributed by atoms with Gasteiger partial charge in [0.05, 0.1) is 18.8 Å². The quantitative estimate of drug-likeness (QED) is 0.590. The van der Waals surface area contributed by atoms with Crippen molar-refractivity contribution in [2.75, 3.05) is 7.11 Å². The van der Waals surface area contributed by atoms with E-state index < -0.39 is 46.0 Å². The van der Waals surface area contributed by atoms with Gasteiger partial charge in [0.15, 0.2) is 5.78 Å². The van der Waals surface area contributed by atoms with Crippen molar-refractivity contribution < 1.29 is 37.0 Å². The predicted octanol–water partition coefficient (Wildman–Crippen LogP) is 2.11. The van der Waals surface area contributed by atoms with Crippen LogP contribution in [0.25, 0.3) is 5.57 Å². The molecule has 1 aliphatic heterocycles. The van der Waals surface area contributed by atoms with Crippen molar-refractivity contribution >= 4 is 23.1 Å². The number of methoxy groups -OCH3 is 1. The van der Waals surface area contributed by atoms with Gasteiger partial charge in [-0.3, -0.25) is 9.59 Å². The van der Waals surface area contributed by atoms with Crippen LogP contribution in [0.2, 0.25) is 0 Å². The number of carbonyl (C=O) groups excluding carboxylic acids is 3. The highest BCUT2D eigenvalue weighted by Gasteiger charge is 2.69. The van der Waals surface area contributed by atoms with E-state index >= 15 is 0 Å². The second kappa shape index (κ2) is 5.56. The molecule has 1 atom stereocenters. The molecule has 2 aliphatic rings. The zero-order valence-corrected chi connectivity index (χ0v) is 13.0. The van der Waals surface area contributed by atoms with Crippen LogP contribution in [-0.2, 0) is 19.1 Å². The normalized spacial score (nSPS) is 22.6.